The molecular formula is C14H27IN6O. The van der Waals surface area contributed by atoms with Crippen LogP contribution in [0.3, 0.4) is 0 Å². The average molecular weight is 422 g/mol. The highest BCUT2D eigenvalue weighted by atomic mass is 127. The summed E-state index contributed by atoms with van der Waals surface area (Å²) < 4.78 is 7.07. The van der Waals surface area contributed by atoms with Gasteiger partial charge in [-0.15, -0.1) is 24.0 Å². The van der Waals surface area contributed by atoms with Gasteiger partial charge in [0.05, 0.1) is 6.54 Å². The third-order valence-corrected chi connectivity index (χ3v) is 3.56. The topological polar surface area (TPSA) is 76.4 Å². The van der Waals surface area contributed by atoms with Gasteiger partial charge in [0.1, 0.15) is 12.4 Å². The summed E-state index contributed by atoms with van der Waals surface area (Å²) in [6, 6.07) is 0.336. The van der Waals surface area contributed by atoms with E-state index in [1.807, 2.05) is 11.7 Å². The molecule has 1 atom stereocenters. The molecule has 0 bridgehead atoms. The molecule has 0 spiro atoms. The van der Waals surface area contributed by atoms with Crippen LogP contribution < -0.4 is 10.6 Å². The predicted molar refractivity (Wildman–Crippen MR) is 97.7 cm³/mol. The molecule has 1 aliphatic rings. The van der Waals surface area contributed by atoms with Crippen LogP contribution in [-0.2, 0) is 24.3 Å². The van der Waals surface area contributed by atoms with Gasteiger partial charge < -0.3 is 15.4 Å². The molecule has 1 aliphatic heterocycles. The first-order valence-corrected chi connectivity index (χ1v) is 7.65. The Kier molecular flexibility index (Phi) is 8.69. The molecule has 0 saturated carbocycles. The molecule has 1 aromatic rings. The Morgan fingerprint density at radius 3 is 3.00 bits per heavy atom. The average Bonchev–Trinajstić information content (AvgIpc) is 2.88. The van der Waals surface area contributed by atoms with Gasteiger partial charge in [0, 0.05) is 33.2 Å². The number of aliphatic imine (C=N–C) groups is 1. The second kappa shape index (κ2) is 9.98. The second-order valence-electron chi connectivity index (χ2n) is 5.29. The van der Waals surface area contributed by atoms with E-state index in [1.54, 1.807) is 7.11 Å². The minimum Gasteiger partial charge on any atom is -0.377 e. The number of ether oxygens (including phenoxy) is 1. The number of halogens is 1. The Morgan fingerprint density at radius 2 is 2.32 bits per heavy atom. The highest BCUT2D eigenvalue weighted by molar-refractivity contribution is 14.0. The van der Waals surface area contributed by atoms with Crippen molar-refractivity contribution < 1.29 is 4.74 Å². The van der Waals surface area contributed by atoms with E-state index in [0.717, 1.165) is 50.0 Å². The van der Waals surface area contributed by atoms with Crippen LogP contribution in [0, 0.1) is 0 Å². The number of guanidine groups is 1. The zero-order chi connectivity index (χ0) is 15.1. The van der Waals surface area contributed by atoms with E-state index >= 15 is 0 Å². The molecule has 0 amide bonds. The van der Waals surface area contributed by atoms with E-state index in [1.165, 1.54) is 6.42 Å². The second-order valence-corrected chi connectivity index (χ2v) is 5.29. The van der Waals surface area contributed by atoms with Crippen LogP contribution in [0.2, 0.25) is 0 Å². The van der Waals surface area contributed by atoms with Gasteiger partial charge in [-0.2, -0.15) is 5.10 Å². The number of aryl methyl sites for hydroxylation is 1. The minimum absolute atomic E-state index is 0. The van der Waals surface area contributed by atoms with Crippen molar-refractivity contribution in [2.75, 3.05) is 20.7 Å². The first kappa shape index (κ1) is 19.1. The summed E-state index contributed by atoms with van der Waals surface area (Å²) in [5, 5.41) is 11.3. The van der Waals surface area contributed by atoms with Gasteiger partial charge in [-0.25, -0.2) is 9.67 Å². The van der Waals surface area contributed by atoms with Crippen LogP contribution >= 0.6 is 24.0 Å². The van der Waals surface area contributed by atoms with Gasteiger partial charge >= 0.3 is 0 Å². The van der Waals surface area contributed by atoms with E-state index in [-0.39, 0.29) is 24.0 Å². The Balaban J connectivity index is 0.00000242. The molecule has 0 aromatic carbocycles. The predicted octanol–water partition coefficient (Wildman–Crippen LogP) is 1.32. The Hall–Kier alpha value is -0.900. The van der Waals surface area contributed by atoms with Gasteiger partial charge in [-0.3, -0.25) is 4.99 Å². The number of methoxy groups -OCH3 is 1. The number of fused-ring (bicyclic) bond motifs is 1. The van der Waals surface area contributed by atoms with Crippen LogP contribution in [0.25, 0.3) is 0 Å². The first-order valence-electron chi connectivity index (χ1n) is 7.65. The van der Waals surface area contributed by atoms with Crippen molar-refractivity contribution in [3.63, 3.8) is 0 Å². The smallest absolute Gasteiger partial charge is 0.191 e. The van der Waals surface area contributed by atoms with Crippen molar-refractivity contribution in [3.05, 3.63) is 11.6 Å². The molecule has 2 rings (SSSR count). The van der Waals surface area contributed by atoms with Crippen LogP contribution in [0.4, 0.5) is 0 Å². The maximum absolute atomic E-state index is 5.09. The molecule has 2 heterocycles. The van der Waals surface area contributed by atoms with Crippen molar-refractivity contribution in [1.29, 1.82) is 0 Å². The molecule has 7 nitrogen and oxygen atoms in total. The van der Waals surface area contributed by atoms with E-state index in [4.69, 9.17) is 4.74 Å². The minimum atomic E-state index is 0. The molecule has 22 heavy (non-hydrogen) atoms. The third-order valence-electron chi connectivity index (χ3n) is 3.56. The normalized spacial score (nSPS) is 17.6. The zero-order valence-corrected chi connectivity index (χ0v) is 16.0. The molecule has 8 heteroatoms. The van der Waals surface area contributed by atoms with Crippen LogP contribution in [0.5, 0.6) is 0 Å². The van der Waals surface area contributed by atoms with Crippen molar-refractivity contribution in [3.8, 4) is 0 Å². The summed E-state index contributed by atoms with van der Waals surface area (Å²) >= 11 is 0. The quantitative estimate of drug-likeness (QED) is 0.313. The zero-order valence-electron chi connectivity index (χ0n) is 13.6. The van der Waals surface area contributed by atoms with Gasteiger partial charge in [0.15, 0.2) is 11.8 Å². The van der Waals surface area contributed by atoms with E-state index < -0.39 is 0 Å². The number of nitrogens with zero attached hydrogens (tertiary/aromatic N) is 4. The highest BCUT2D eigenvalue weighted by Crippen LogP contribution is 2.13. The monoisotopic (exact) mass is 422 g/mol. The molecule has 1 unspecified atom stereocenters. The van der Waals surface area contributed by atoms with E-state index in [2.05, 4.69) is 32.6 Å². The van der Waals surface area contributed by atoms with Crippen molar-refractivity contribution in [1.82, 2.24) is 25.4 Å². The van der Waals surface area contributed by atoms with Gasteiger partial charge in [-0.05, 0) is 12.8 Å². The summed E-state index contributed by atoms with van der Waals surface area (Å²) in [6.07, 6.45) is 4.30. The lowest BCUT2D eigenvalue weighted by Crippen LogP contribution is -2.47. The Labute approximate surface area is 149 Å². The molecule has 2 N–H and O–H groups in total. The number of hydrogen-bond acceptors (Lipinski definition) is 4. The van der Waals surface area contributed by atoms with E-state index in [9.17, 15) is 0 Å². The molecule has 0 fully saturated rings. The fourth-order valence-electron chi connectivity index (χ4n) is 2.44. The molecule has 0 aliphatic carbocycles. The summed E-state index contributed by atoms with van der Waals surface area (Å²) in [6.45, 7) is 4.43. The number of unbranched alkanes of at least 4 members (excludes halogenated alkanes) is 1. The highest BCUT2D eigenvalue weighted by Gasteiger charge is 2.22. The Bertz CT molecular complexity index is 476. The van der Waals surface area contributed by atoms with Crippen molar-refractivity contribution in [2.45, 2.75) is 51.8 Å². The molecule has 0 radical (unpaired) electrons. The maximum Gasteiger partial charge on any atom is 0.191 e. The molecule has 126 valence electrons. The van der Waals surface area contributed by atoms with Crippen molar-refractivity contribution >= 4 is 29.9 Å². The van der Waals surface area contributed by atoms with Gasteiger partial charge in [-0.1, -0.05) is 13.3 Å². The summed E-state index contributed by atoms with van der Waals surface area (Å²) in [5.74, 6) is 2.68. The lowest BCUT2D eigenvalue weighted by atomic mass is 10.1. The standard InChI is InChI=1S/C14H26N6O.HI/c1-4-5-8-16-14(15-2)17-11-6-7-13-18-12(10-21-3)19-20(13)9-11;/h11H,4-10H2,1-3H3,(H2,15,16,17);1H. The lowest BCUT2D eigenvalue weighted by molar-refractivity contribution is 0.177. The summed E-state index contributed by atoms with van der Waals surface area (Å²) in [7, 11) is 3.47. The van der Waals surface area contributed by atoms with E-state index in [0.29, 0.717) is 12.6 Å². The first-order chi connectivity index (χ1) is 10.3. The van der Waals surface area contributed by atoms with Crippen LogP contribution in [0.15, 0.2) is 4.99 Å². The largest absolute Gasteiger partial charge is 0.377 e. The Morgan fingerprint density at radius 1 is 1.50 bits per heavy atom. The van der Waals surface area contributed by atoms with Gasteiger partial charge in [0.2, 0.25) is 0 Å². The fourth-order valence-corrected chi connectivity index (χ4v) is 2.44. The maximum atomic E-state index is 5.09. The summed E-state index contributed by atoms with van der Waals surface area (Å²) in [4.78, 5) is 8.76. The molecule has 1 aromatic heterocycles. The third kappa shape index (κ3) is 5.38. The number of nitrogens with one attached hydrogen (secondary N) is 2. The van der Waals surface area contributed by atoms with Crippen LogP contribution in [0.1, 0.15) is 37.8 Å². The number of hydrogen-bond donors (Lipinski definition) is 2. The molecular weight excluding hydrogens is 395 g/mol. The lowest BCUT2D eigenvalue weighted by Gasteiger charge is -2.25. The SMILES string of the molecule is CCCCNC(=NC)NC1CCc2nc(COC)nn2C1.I. The fraction of sp³-hybridized carbons (Fsp3) is 0.786. The van der Waals surface area contributed by atoms with Crippen LogP contribution in [-0.4, -0.2) is 47.5 Å². The summed E-state index contributed by atoms with van der Waals surface area (Å²) in [5.41, 5.74) is 0. The molecule has 0 saturated heterocycles. The number of rotatable bonds is 6. The number of aromatic nitrogens is 3. The van der Waals surface area contributed by atoms with Gasteiger partial charge in [0.25, 0.3) is 0 Å². The van der Waals surface area contributed by atoms with Crippen molar-refractivity contribution in [2.24, 2.45) is 4.99 Å².